The Bertz CT molecular complexity index is 525. The molecule has 1 aromatic heterocycles. The van der Waals surface area contributed by atoms with Crippen LogP contribution in [0.2, 0.25) is 0 Å². The van der Waals surface area contributed by atoms with Gasteiger partial charge in [0.25, 0.3) is 5.91 Å². The molecule has 106 valence electrons. The van der Waals surface area contributed by atoms with Crippen LogP contribution in [0.5, 0.6) is 0 Å². The van der Waals surface area contributed by atoms with E-state index in [1.165, 1.54) is 6.08 Å². The summed E-state index contributed by atoms with van der Waals surface area (Å²) in [6.45, 7) is 7.94. The van der Waals surface area contributed by atoms with Crippen molar-refractivity contribution in [2.45, 2.75) is 31.8 Å². The number of nitrogens with zero attached hydrogens (tertiary/aromatic N) is 2. The summed E-state index contributed by atoms with van der Waals surface area (Å²) in [5.41, 5.74) is 0.266. The molecular formula is C15H19N3O2. The molecule has 0 spiro atoms. The van der Waals surface area contributed by atoms with Crippen LogP contribution in [0.1, 0.15) is 30.6 Å². The Morgan fingerprint density at radius 1 is 1.55 bits per heavy atom. The highest BCUT2D eigenvalue weighted by Gasteiger charge is 2.41. The molecule has 2 amide bonds. The normalized spacial score (nSPS) is 20.5. The molecule has 0 radical (unpaired) electrons. The molecular weight excluding hydrogens is 254 g/mol. The van der Waals surface area contributed by atoms with Gasteiger partial charge in [0, 0.05) is 30.5 Å². The van der Waals surface area contributed by atoms with Crippen molar-refractivity contribution in [3.05, 3.63) is 42.7 Å². The second-order valence-corrected chi connectivity index (χ2v) is 5.58. The molecule has 1 aromatic rings. The highest BCUT2D eigenvalue weighted by molar-refractivity contribution is 5.94. The minimum atomic E-state index is -0.300. The summed E-state index contributed by atoms with van der Waals surface area (Å²) in [7, 11) is 0. The molecule has 0 aliphatic carbocycles. The predicted octanol–water partition coefficient (Wildman–Crippen LogP) is 1.38. The number of carbonyl (C=O) groups excluding carboxylic acids is 2. The number of aromatic nitrogens is 1. The first-order valence-electron chi connectivity index (χ1n) is 6.59. The third-order valence-electron chi connectivity index (χ3n) is 3.57. The topological polar surface area (TPSA) is 62.3 Å². The van der Waals surface area contributed by atoms with Crippen molar-refractivity contribution in [3.8, 4) is 0 Å². The first-order chi connectivity index (χ1) is 9.44. The Labute approximate surface area is 118 Å². The van der Waals surface area contributed by atoms with E-state index >= 15 is 0 Å². The predicted molar refractivity (Wildman–Crippen MR) is 76.1 cm³/mol. The third-order valence-corrected chi connectivity index (χ3v) is 3.57. The molecule has 1 unspecified atom stereocenters. The lowest BCUT2D eigenvalue weighted by molar-refractivity contribution is -0.117. The Morgan fingerprint density at radius 3 is 2.90 bits per heavy atom. The first kappa shape index (κ1) is 14.2. The number of likely N-dealkylation sites (tertiary alicyclic amines) is 1. The van der Waals surface area contributed by atoms with Gasteiger partial charge in [0.05, 0.1) is 5.56 Å². The fraction of sp³-hybridized carbons (Fsp3) is 0.400. The van der Waals surface area contributed by atoms with Gasteiger partial charge in [0.1, 0.15) is 0 Å². The van der Waals surface area contributed by atoms with Crippen LogP contribution in [0.4, 0.5) is 0 Å². The van der Waals surface area contributed by atoms with Crippen molar-refractivity contribution in [2.24, 2.45) is 0 Å². The van der Waals surface area contributed by atoms with E-state index in [4.69, 9.17) is 0 Å². The van der Waals surface area contributed by atoms with E-state index in [-0.39, 0.29) is 23.4 Å². The molecule has 1 atom stereocenters. The lowest BCUT2D eigenvalue weighted by Crippen LogP contribution is -2.43. The van der Waals surface area contributed by atoms with Crippen molar-refractivity contribution in [2.75, 3.05) is 6.54 Å². The number of carbonyl (C=O) groups is 2. The van der Waals surface area contributed by atoms with Crippen LogP contribution in [0, 0.1) is 0 Å². The van der Waals surface area contributed by atoms with E-state index in [0.717, 1.165) is 6.42 Å². The molecule has 20 heavy (non-hydrogen) atoms. The van der Waals surface area contributed by atoms with E-state index in [2.05, 4.69) is 16.9 Å². The summed E-state index contributed by atoms with van der Waals surface area (Å²) in [5, 5.41) is 2.85. The zero-order valence-electron chi connectivity index (χ0n) is 11.8. The molecule has 1 N–H and O–H groups in total. The van der Waals surface area contributed by atoms with Crippen LogP contribution >= 0.6 is 0 Å². The van der Waals surface area contributed by atoms with Crippen molar-refractivity contribution in [1.82, 2.24) is 15.2 Å². The number of amides is 2. The lowest BCUT2D eigenvalue weighted by Gasteiger charge is -2.31. The van der Waals surface area contributed by atoms with Crippen LogP contribution in [-0.2, 0) is 4.79 Å². The number of rotatable bonds is 3. The summed E-state index contributed by atoms with van der Waals surface area (Å²) < 4.78 is 0. The molecule has 1 fully saturated rings. The molecule has 1 aliphatic rings. The van der Waals surface area contributed by atoms with Gasteiger partial charge in [-0.15, -0.1) is 0 Å². The zero-order valence-corrected chi connectivity index (χ0v) is 11.8. The lowest BCUT2D eigenvalue weighted by atomic mass is 9.99. The van der Waals surface area contributed by atoms with Crippen LogP contribution < -0.4 is 5.32 Å². The Morgan fingerprint density at radius 2 is 2.30 bits per heavy atom. The van der Waals surface area contributed by atoms with Gasteiger partial charge >= 0.3 is 0 Å². The molecule has 0 aromatic carbocycles. The number of hydrogen-bond donors (Lipinski definition) is 1. The smallest absolute Gasteiger partial charge is 0.255 e. The van der Waals surface area contributed by atoms with Gasteiger partial charge in [-0.2, -0.15) is 0 Å². The maximum Gasteiger partial charge on any atom is 0.255 e. The SMILES string of the molecule is C=CC(=O)NC1CN(C(=O)c2cccnc2)C(C)(C)C1. The van der Waals surface area contributed by atoms with Gasteiger partial charge in [-0.25, -0.2) is 0 Å². The van der Waals surface area contributed by atoms with E-state index < -0.39 is 0 Å². The van der Waals surface area contributed by atoms with E-state index in [0.29, 0.717) is 12.1 Å². The van der Waals surface area contributed by atoms with E-state index in [9.17, 15) is 9.59 Å². The summed E-state index contributed by atoms with van der Waals surface area (Å²) >= 11 is 0. The average molecular weight is 273 g/mol. The van der Waals surface area contributed by atoms with Crippen molar-refractivity contribution in [3.63, 3.8) is 0 Å². The quantitative estimate of drug-likeness (QED) is 0.846. The van der Waals surface area contributed by atoms with E-state index in [1.54, 1.807) is 29.4 Å². The monoisotopic (exact) mass is 273 g/mol. The summed E-state index contributed by atoms with van der Waals surface area (Å²) in [5.74, 6) is -0.264. The van der Waals surface area contributed by atoms with Gasteiger partial charge in [-0.3, -0.25) is 14.6 Å². The molecule has 1 saturated heterocycles. The minimum absolute atomic E-state index is 0.0453. The number of hydrogen-bond acceptors (Lipinski definition) is 3. The molecule has 5 nitrogen and oxygen atoms in total. The molecule has 2 heterocycles. The Balaban J connectivity index is 2.14. The summed E-state index contributed by atoms with van der Waals surface area (Å²) in [6.07, 6.45) is 5.17. The van der Waals surface area contributed by atoms with Crippen LogP contribution in [0.25, 0.3) is 0 Å². The first-order valence-corrected chi connectivity index (χ1v) is 6.59. The van der Waals surface area contributed by atoms with Gasteiger partial charge in [-0.1, -0.05) is 6.58 Å². The van der Waals surface area contributed by atoms with Crippen molar-refractivity contribution < 1.29 is 9.59 Å². The standard InChI is InChI=1S/C15H19N3O2/c1-4-13(19)17-12-8-15(2,3)18(10-12)14(20)11-6-5-7-16-9-11/h4-7,9,12H,1,8,10H2,2-3H3,(H,17,19). The molecule has 0 saturated carbocycles. The van der Waals surface area contributed by atoms with Crippen LogP contribution in [0.3, 0.4) is 0 Å². The molecule has 1 aliphatic heterocycles. The van der Waals surface area contributed by atoms with Gasteiger partial charge in [0.15, 0.2) is 0 Å². The Hall–Kier alpha value is -2.17. The average Bonchev–Trinajstić information content (AvgIpc) is 2.73. The van der Waals surface area contributed by atoms with Crippen LogP contribution in [-0.4, -0.2) is 39.8 Å². The van der Waals surface area contributed by atoms with Crippen molar-refractivity contribution >= 4 is 11.8 Å². The number of pyridine rings is 1. The molecule has 0 bridgehead atoms. The minimum Gasteiger partial charge on any atom is -0.348 e. The van der Waals surface area contributed by atoms with Crippen LogP contribution in [0.15, 0.2) is 37.2 Å². The zero-order chi connectivity index (χ0) is 14.8. The Kier molecular flexibility index (Phi) is 3.88. The largest absolute Gasteiger partial charge is 0.348 e. The second-order valence-electron chi connectivity index (χ2n) is 5.58. The highest BCUT2D eigenvalue weighted by atomic mass is 16.2. The van der Waals surface area contributed by atoms with Gasteiger partial charge in [0.2, 0.25) is 5.91 Å². The van der Waals surface area contributed by atoms with Crippen molar-refractivity contribution in [1.29, 1.82) is 0 Å². The fourth-order valence-electron chi connectivity index (χ4n) is 2.60. The number of nitrogens with one attached hydrogen (secondary N) is 1. The summed E-state index contributed by atoms with van der Waals surface area (Å²) in [6, 6.07) is 3.45. The molecule has 2 rings (SSSR count). The maximum absolute atomic E-state index is 12.5. The fourth-order valence-corrected chi connectivity index (χ4v) is 2.60. The highest BCUT2D eigenvalue weighted by Crippen LogP contribution is 2.30. The van der Waals surface area contributed by atoms with E-state index in [1.807, 2.05) is 13.8 Å². The second kappa shape index (κ2) is 5.45. The van der Waals surface area contributed by atoms with Gasteiger partial charge in [-0.05, 0) is 38.5 Å². The summed E-state index contributed by atoms with van der Waals surface area (Å²) in [4.78, 5) is 29.7. The third kappa shape index (κ3) is 2.87. The molecule has 5 heteroatoms. The van der Waals surface area contributed by atoms with Gasteiger partial charge < -0.3 is 10.2 Å². The maximum atomic E-state index is 12.5.